The van der Waals surface area contributed by atoms with Crippen molar-refractivity contribution in [2.75, 3.05) is 26.4 Å². The van der Waals surface area contributed by atoms with E-state index in [1.807, 2.05) is 19.1 Å². The predicted octanol–water partition coefficient (Wildman–Crippen LogP) is 2.14. The molecule has 0 atom stereocenters. The monoisotopic (exact) mass is 418 g/mol. The number of carbonyl (C=O) groups excluding carboxylic acids is 1. The standard InChI is InChI=1S/C20H22N2O6S/c1-2-11-26-15-7-9-16(10-8-15)27-12-13-28-19(23)14-21-20-17-5-3-4-6-18(17)29(24,25)22-20/h3-10H,2,11-14H2,1H3,(H,21,22). The maximum atomic E-state index is 12.0. The molecule has 0 aromatic heterocycles. The Morgan fingerprint density at radius 3 is 2.31 bits per heavy atom. The third-order valence-electron chi connectivity index (χ3n) is 3.94. The van der Waals surface area contributed by atoms with Gasteiger partial charge in [0.15, 0.2) is 0 Å². The Balaban J connectivity index is 1.42. The zero-order chi connectivity index (χ0) is 20.7. The highest BCUT2D eigenvalue weighted by atomic mass is 32.2. The van der Waals surface area contributed by atoms with Gasteiger partial charge in [-0.15, -0.1) is 0 Å². The summed E-state index contributed by atoms with van der Waals surface area (Å²) >= 11 is 0. The largest absolute Gasteiger partial charge is 0.494 e. The van der Waals surface area contributed by atoms with Crippen molar-refractivity contribution in [3.05, 3.63) is 54.1 Å². The van der Waals surface area contributed by atoms with Crippen LogP contribution in [0.4, 0.5) is 0 Å². The second-order valence-electron chi connectivity index (χ2n) is 6.16. The van der Waals surface area contributed by atoms with Gasteiger partial charge in [-0.25, -0.2) is 8.42 Å². The van der Waals surface area contributed by atoms with Crippen molar-refractivity contribution in [2.24, 2.45) is 4.99 Å². The molecule has 29 heavy (non-hydrogen) atoms. The van der Waals surface area contributed by atoms with Gasteiger partial charge in [0.05, 0.1) is 11.5 Å². The molecule has 2 aromatic rings. The van der Waals surface area contributed by atoms with E-state index in [2.05, 4.69) is 9.71 Å². The highest BCUT2D eigenvalue weighted by Gasteiger charge is 2.30. The van der Waals surface area contributed by atoms with Gasteiger partial charge in [-0.3, -0.25) is 14.5 Å². The molecule has 0 amide bonds. The van der Waals surface area contributed by atoms with E-state index in [9.17, 15) is 13.2 Å². The third-order valence-corrected chi connectivity index (χ3v) is 5.34. The van der Waals surface area contributed by atoms with E-state index >= 15 is 0 Å². The first-order chi connectivity index (χ1) is 14.0. The Morgan fingerprint density at radius 2 is 1.62 bits per heavy atom. The predicted molar refractivity (Wildman–Crippen MR) is 107 cm³/mol. The number of sulfonamides is 1. The quantitative estimate of drug-likeness (QED) is 0.494. The van der Waals surface area contributed by atoms with Crippen molar-refractivity contribution in [1.82, 2.24) is 4.72 Å². The molecule has 1 aliphatic rings. The minimum atomic E-state index is -3.62. The summed E-state index contributed by atoms with van der Waals surface area (Å²) in [5.41, 5.74) is 0.440. The Kier molecular flexibility index (Phi) is 6.71. The molecule has 1 aliphatic heterocycles. The molecule has 8 nitrogen and oxygen atoms in total. The van der Waals surface area contributed by atoms with Gasteiger partial charge in [-0.2, -0.15) is 0 Å². The maximum absolute atomic E-state index is 12.0. The summed E-state index contributed by atoms with van der Waals surface area (Å²) in [6, 6.07) is 13.6. The van der Waals surface area contributed by atoms with Crippen LogP contribution in [0.15, 0.2) is 58.4 Å². The number of fused-ring (bicyclic) bond motifs is 1. The zero-order valence-electron chi connectivity index (χ0n) is 16.0. The Labute approximate surface area is 169 Å². The number of nitrogens with zero attached hydrogens (tertiary/aromatic N) is 1. The van der Waals surface area contributed by atoms with Crippen LogP contribution in [0, 0.1) is 0 Å². The number of aliphatic imine (C=N–C) groups is 1. The van der Waals surface area contributed by atoms with Crippen LogP contribution in [-0.2, 0) is 19.6 Å². The molecule has 154 valence electrons. The average Bonchev–Trinajstić information content (AvgIpc) is 2.99. The Morgan fingerprint density at radius 1 is 0.966 bits per heavy atom. The molecule has 0 radical (unpaired) electrons. The third kappa shape index (κ3) is 5.47. The van der Waals surface area contributed by atoms with Gasteiger partial charge < -0.3 is 14.2 Å². The highest BCUT2D eigenvalue weighted by Crippen LogP contribution is 2.22. The van der Waals surface area contributed by atoms with Gasteiger partial charge >= 0.3 is 5.97 Å². The molecular formula is C20H22N2O6S. The van der Waals surface area contributed by atoms with Crippen LogP contribution in [0.25, 0.3) is 0 Å². The highest BCUT2D eigenvalue weighted by molar-refractivity contribution is 7.90. The van der Waals surface area contributed by atoms with E-state index in [0.717, 1.165) is 12.2 Å². The van der Waals surface area contributed by atoms with Crippen LogP contribution >= 0.6 is 0 Å². The molecule has 0 spiro atoms. The summed E-state index contributed by atoms with van der Waals surface area (Å²) in [5.74, 6) is 0.975. The number of rotatable bonds is 9. The molecular weight excluding hydrogens is 396 g/mol. The first kappa shape index (κ1) is 20.7. The Bertz CT molecular complexity index is 986. The molecule has 0 aliphatic carbocycles. The fourth-order valence-corrected chi connectivity index (χ4v) is 3.86. The Hall–Kier alpha value is -3.07. The molecule has 3 rings (SSSR count). The van der Waals surface area contributed by atoms with Crippen molar-refractivity contribution < 1.29 is 27.4 Å². The molecule has 0 fully saturated rings. The lowest BCUT2D eigenvalue weighted by Gasteiger charge is -2.08. The smallest absolute Gasteiger partial charge is 0.327 e. The molecule has 0 saturated heterocycles. The van der Waals surface area contributed by atoms with E-state index in [1.165, 1.54) is 6.07 Å². The molecule has 1 N–H and O–H groups in total. The first-order valence-electron chi connectivity index (χ1n) is 9.17. The number of ether oxygens (including phenoxy) is 3. The molecule has 0 bridgehead atoms. The van der Waals surface area contributed by atoms with Gasteiger partial charge in [0.25, 0.3) is 10.0 Å². The van der Waals surface area contributed by atoms with Gasteiger partial charge in [-0.05, 0) is 42.8 Å². The van der Waals surface area contributed by atoms with Crippen LogP contribution in [0.1, 0.15) is 18.9 Å². The first-order valence-corrected chi connectivity index (χ1v) is 10.7. The van der Waals surface area contributed by atoms with E-state index in [1.54, 1.807) is 30.3 Å². The van der Waals surface area contributed by atoms with E-state index in [4.69, 9.17) is 14.2 Å². The van der Waals surface area contributed by atoms with Gasteiger partial charge in [0.1, 0.15) is 37.1 Å². The van der Waals surface area contributed by atoms with Crippen molar-refractivity contribution in [1.29, 1.82) is 0 Å². The van der Waals surface area contributed by atoms with Gasteiger partial charge in [0, 0.05) is 5.56 Å². The van der Waals surface area contributed by atoms with Crippen molar-refractivity contribution in [3.63, 3.8) is 0 Å². The lowest BCUT2D eigenvalue weighted by molar-refractivity contribution is -0.142. The number of esters is 1. The van der Waals surface area contributed by atoms with Gasteiger partial charge in [-0.1, -0.05) is 19.1 Å². The van der Waals surface area contributed by atoms with Crippen LogP contribution in [0.3, 0.4) is 0 Å². The fourth-order valence-electron chi connectivity index (χ4n) is 2.61. The zero-order valence-corrected chi connectivity index (χ0v) is 16.8. The molecule has 2 aromatic carbocycles. The lowest BCUT2D eigenvalue weighted by atomic mass is 10.2. The average molecular weight is 418 g/mol. The summed E-state index contributed by atoms with van der Waals surface area (Å²) in [7, 11) is -3.62. The van der Waals surface area contributed by atoms with Crippen LogP contribution in [0.2, 0.25) is 0 Å². The topological polar surface area (TPSA) is 103 Å². The number of hydrogen-bond acceptors (Lipinski definition) is 7. The summed E-state index contributed by atoms with van der Waals surface area (Å²) < 4.78 is 42.4. The molecule has 0 saturated carbocycles. The fraction of sp³-hybridized carbons (Fsp3) is 0.300. The van der Waals surface area contributed by atoms with E-state index in [0.29, 0.717) is 17.9 Å². The summed E-state index contributed by atoms with van der Waals surface area (Å²) in [4.78, 5) is 16.0. The number of carbonyl (C=O) groups is 1. The van der Waals surface area contributed by atoms with Crippen LogP contribution in [-0.4, -0.2) is 46.6 Å². The molecule has 1 heterocycles. The summed E-state index contributed by atoms with van der Waals surface area (Å²) in [6.45, 7) is 2.64. The summed E-state index contributed by atoms with van der Waals surface area (Å²) in [5, 5.41) is 0. The SMILES string of the molecule is CCCOc1ccc(OCCOC(=O)CN=C2NS(=O)(=O)c3ccccc32)cc1. The van der Waals surface area contributed by atoms with Crippen molar-refractivity contribution in [3.8, 4) is 11.5 Å². The number of amidine groups is 1. The lowest BCUT2D eigenvalue weighted by Crippen LogP contribution is -2.23. The number of nitrogens with one attached hydrogen (secondary N) is 1. The summed E-state index contributed by atoms with van der Waals surface area (Å²) in [6.07, 6.45) is 0.938. The minimum Gasteiger partial charge on any atom is -0.494 e. The number of benzene rings is 2. The minimum absolute atomic E-state index is 0.0556. The maximum Gasteiger partial charge on any atom is 0.327 e. The number of hydrogen-bond donors (Lipinski definition) is 1. The van der Waals surface area contributed by atoms with Crippen molar-refractivity contribution >= 4 is 21.8 Å². The van der Waals surface area contributed by atoms with Crippen molar-refractivity contribution in [2.45, 2.75) is 18.2 Å². The van der Waals surface area contributed by atoms with E-state index in [-0.39, 0.29) is 30.5 Å². The van der Waals surface area contributed by atoms with Crippen LogP contribution in [0.5, 0.6) is 11.5 Å². The molecule has 0 unspecified atom stereocenters. The van der Waals surface area contributed by atoms with Gasteiger partial charge in [0.2, 0.25) is 0 Å². The van der Waals surface area contributed by atoms with E-state index < -0.39 is 16.0 Å². The van der Waals surface area contributed by atoms with Crippen LogP contribution < -0.4 is 14.2 Å². The normalized spacial score (nSPS) is 15.4. The second-order valence-corrected chi connectivity index (χ2v) is 7.81. The second kappa shape index (κ2) is 9.42. The molecule has 9 heteroatoms.